The summed E-state index contributed by atoms with van der Waals surface area (Å²) in [6, 6.07) is 8.60. The number of para-hydroxylation sites is 2. The highest BCUT2D eigenvalue weighted by molar-refractivity contribution is 5.95. The Balaban J connectivity index is 1.60. The fourth-order valence-electron chi connectivity index (χ4n) is 5.15. The van der Waals surface area contributed by atoms with E-state index in [0.717, 1.165) is 24.1 Å². The van der Waals surface area contributed by atoms with Gasteiger partial charge in [0.25, 0.3) is 0 Å². The molecule has 1 heterocycles. The smallest absolute Gasteiger partial charge is 0.199 e. The number of rotatable bonds is 2. The molecule has 0 spiro atoms. The fraction of sp³-hybridized carbons (Fsp3) is 0.682. The molecule has 2 N–H and O–H groups in total. The highest BCUT2D eigenvalue weighted by Gasteiger charge is 2.35. The first-order valence-corrected chi connectivity index (χ1v) is 10.7. The van der Waals surface area contributed by atoms with E-state index in [1.54, 1.807) is 6.07 Å². The van der Waals surface area contributed by atoms with Crippen molar-refractivity contribution in [3.8, 4) is 5.75 Å². The third-order valence-electron chi connectivity index (χ3n) is 6.55. The van der Waals surface area contributed by atoms with E-state index in [1.165, 1.54) is 70.6 Å². The molecule has 3 aliphatic rings. The Morgan fingerprint density at radius 1 is 0.923 bits per heavy atom. The summed E-state index contributed by atoms with van der Waals surface area (Å²) in [6.07, 6.45) is 14.4. The van der Waals surface area contributed by atoms with Crippen LogP contribution >= 0.6 is 0 Å². The number of phenols is 1. The molecule has 2 saturated carbocycles. The topological polar surface area (TPSA) is 47.9 Å². The monoisotopic (exact) mass is 355 g/mol. The van der Waals surface area contributed by atoms with Crippen LogP contribution in [0.15, 0.2) is 29.3 Å². The number of hydrogen-bond acceptors (Lipinski definition) is 2. The van der Waals surface area contributed by atoms with Crippen LogP contribution in [0.1, 0.15) is 70.6 Å². The zero-order valence-corrected chi connectivity index (χ0v) is 15.9. The third-order valence-corrected chi connectivity index (χ3v) is 6.55. The highest BCUT2D eigenvalue weighted by atomic mass is 16.3. The van der Waals surface area contributed by atoms with Gasteiger partial charge in [0.2, 0.25) is 0 Å². The number of guanidine groups is 1. The Labute approximate surface area is 157 Å². The Bertz CT molecular complexity index is 622. The zero-order chi connectivity index (χ0) is 17.8. The van der Waals surface area contributed by atoms with Gasteiger partial charge < -0.3 is 15.3 Å². The summed E-state index contributed by atoms with van der Waals surface area (Å²) < 4.78 is 0. The maximum atomic E-state index is 10.3. The van der Waals surface area contributed by atoms with Gasteiger partial charge >= 0.3 is 0 Å². The van der Waals surface area contributed by atoms with Gasteiger partial charge in [-0.05, 0) is 56.6 Å². The predicted molar refractivity (Wildman–Crippen MR) is 108 cm³/mol. The van der Waals surface area contributed by atoms with Crippen molar-refractivity contribution < 1.29 is 5.11 Å². The number of anilines is 1. The van der Waals surface area contributed by atoms with Crippen LogP contribution in [-0.2, 0) is 0 Å². The summed E-state index contributed by atoms with van der Waals surface area (Å²) in [5.41, 5.74) is 0.778. The number of nitrogens with one attached hydrogen (secondary N) is 1. The summed E-state index contributed by atoms with van der Waals surface area (Å²) in [7, 11) is 0. The van der Waals surface area contributed by atoms with Crippen molar-refractivity contribution in [2.24, 2.45) is 10.9 Å². The minimum absolute atomic E-state index is 0.307. The van der Waals surface area contributed by atoms with Crippen molar-refractivity contribution in [3.63, 3.8) is 0 Å². The van der Waals surface area contributed by atoms with E-state index in [1.807, 2.05) is 18.2 Å². The molecule has 4 rings (SSSR count). The van der Waals surface area contributed by atoms with Crippen LogP contribution in [0.5, 0.6) is 5.75 Å². The van der Waals surface area contributed by atoms with Crippen molar-refractivity contribution >= 4 is 11.6 Å². The van der Waals surface area contributed by atoms with Crippen LogP contribution in [0.4, 0.5) is 5.69 Å². The molecule has 0 bridgehead atoms. The lowest BCUT2D eigenvalue weighted by Gasteiger charge is -2.45. The van der Waals surface area contributed by atoms with E-state index in [4.69, 9.17) is 4.99 Å². The molecule has 2 atom stereocenters. The maximum absolute atomic E-state index is 10.3. The first kappa shape index (κ1) is 17.7. The summed E-state index contributed by atoms with van der Waals surface area (Å²) in [5, 5.41) is 13.8. The Hall–Kier alpha value is -1.71. The predicted octanol–water partition coefficient (Wildman–Crippen LogP) is 5.15. The molecule has 3 fully saturated rings. The van der Waals surface area contributed by atoms with E-state index in [9.17, 15) is 5.11 Å². The van der Waals surface area contributed by atoms with Gasteiger partial charge in [0.1, 0.15) is 5.75 Å². The second-order valence-corrected chi connectivity index (χ2v) is 8.33. The van der Waals surface area contributed by atoms with Crippen LogP contribution < -0.4 is 5.32 Å². The molecule has 0 amide bonds. The van der Waals surface area contributed by atoms with Gasteiger partial charge in [-0.1, -0.05) is 44.2 Å². The normalized spacial score (nSPS) is 27.8. The number of benzene rings is 1. The standard InChI is InChI=1S/C22H33N3O/c26-21-15-7-5-13-19(21)24-22(23-18-11-2-1-3-12-18)25-16-8-10-17-9-4-6-14-20(17)25/h5,7,13,15,17-18,20,26H,1-4,6,8-12,14,16H2,(H,23,24). The van der Waals surface area contributed by atoms with Gasteiger partial charge in [0.05, 0.1) is 11.7 Å². The van der Waals surface area contributed by atoms with Gasteiger partial charge in [-0.15, -0.1) is 0 Å². The van der Waals surface area contributed by atoms with Crippen LogP contribution in [0.25, 0.3) is 0 Å². The number of hydrogen-bond donors (Lipinski definition) is 2. The van der Waals surface area contributed by atoms with E-state index < -0.39 is 0 Å². The summed E-state index contributed by atoms with van der Waals surface area (Å²) in [6.45, 7) is 1.09. The number of likely N-dealkylation sites (tertiary alicyclic amines) is 1. The van der Waals surface area contributed by atoms with Gasteiger partial charge in [-0.3, -0.25) is 0 Å². The molecular weight excluding hydrogens is 322 g/mol. The highest BCUT2D eigenvalue weighted by Crippen LogP contribution is 2.36. The average molecular weight is 356 g/mol. The van der Waals surface area contributed by atoms with Crippen molar-refractivity contribution in [2.75, 3.05) is 11.9 Å². The molecule has 4 nitrogen and oxygen atoms in total. The first-order chi connectivity index (χ1) is 12.8. The third kappa shape index (κ3) is 3.99. The molecule has 0 aromatic heterocycles. The second-order valence-electron chi connectivity index (χ2n) is 8.33. The first-order valence-electron chi connectivity index (χ1n) is 10.7. The van der Waals surface area contributed by atoms with Crippen LogP contribution in [-0.4, -0.2) is 34.6 Å². The van der Waals surface area contributed by atoms with Crippen LogP contribution in [0.3, 0.4) is 0 Å². The molecule has 1 aromatic carbocycles. The molecule has 0 radical (unpaired) electrons. The van der Waals surface area contributed by atoms with Crippen LogP contribution in [0, 0.1) is 5.92 Å². The van der Waals surface area contributed by atoms with Crippen molar-refractivity contribution in [1.29, 1.82) is 0 Å². The number of fused-ring (bicyclic) bond motifs is 1. The minimum atomic E-state index is 0.307. The lowest BCUT2D eigenvalue weighted by atomic mass is 9.78. The number of aliphatic imine (C=N–C) groups is 1. The number of nitrogens with zero attached hydrogens (tertiary/aromatic N) is 2. The summed E-state index contributed by atoms with van der Waals surface area (Å²) in [5.74, 6) is 2.14. The molecule has 1 saturated heterocycles. The van der Waals surface area contributed by atoms with Crippen LogP contribution in [0.2, 0.25) is 0 Å². The van der Waals surface area contributed by atoms with Crippen molar-refractivity contribution in [1.82, 2.24) is 4.90 Å². The molecule has 142 valence electrons. The van der Waals surface area contributed by atoms with Gasteiger partial charge in [0.15, 0.2) is 5.96 Å². The molecule has 2 unspecified atom stereocenters. The van der Waals surface area contributed by atoms with E-state index >= 15 is 0 Å². The fourth-order valence-corrected chi connectivity index (χ4v) is 5.15. The largest absolute Gasteiger partial charge is 0.506 e. The Morgan fingerprint density at radius 2 is 1.65 bits per heavy atom. The lowest BCUT2D eigenvalue weighted by molar-refractivity contribution is 0.118. The Morgan fingerprint density at radius 3 is 2.50 bits per heavy atom. The summed E-state index contributed by atoms with van der Waals surface area (Å²) in [4.78, 5) is 7.76. The molecule has 1 aromatic rings. The quantitative estimate of drug-likeness (QED) is 0.438. The molecule has 2 aliphatic carbocycles. The number of piperidine rings is 1. The summed E-state index contributed by atoms with van der Waals surface area (Å²) >= 11 is 0. The second kappa shape index (κ2) is 8.32. The van der Waals surface area contributed by atoms with E-state index in [0.29, 0.717) is 17.8 Å². The number of phenolic OH excluding ortho intramolecular Hbond substituents is 1. The van der Waals surface area contributed by atoms with Gasteiger partial charge in [0, 0.05) is 12.6 Å². The minimum Gasteiger partial charge on any atom is -0.506 e. The van der Waals surface area contributed by atoms with E-state index in [-0.39, 0.29) is 0 Å². The molecule has 26 heavy (non-hydrogen) atoms. The SMILES string of the molecule is Oc1ccccc1NC(=NC1CCCCC1)N1CCCC2CCCCC21. The Kier molecular flexibility index (Phi) is 5.66. The molecule has 1 aliphatic heterocycles. The van der Waals surface area contributed by atoms with Gasteiger partial charge in [-0.25, -0.2) is 4.99 Å². The lowest BCUT2D eigenvalue weighted by Crippen LogP contribution is -2.52. The molecular formula is C22H33N3O. The molecule has 4 heteroatoms. The van der Waals surface area contributed by atoms with Crippen molar-refractivity contribution in [2.45, 2.75) is 82.7 Å². The average Bonchev–Trinajstić information content (AvgIpc) is 2.69. The van der Waals surface area contributed by atoms with Gasteiger partial charge in [-0.2, -0.15) is 0 Å². The maximum Gasteiger partial charge on any atom is 0.199 e. The number of aromatic hydroxyl groups is 1. The van der Waals surface area contributed by atoms with E-state index in [2.05, 4.69) is 10.2 Å². The van der Waals surface area contributed by atoms with Crippen molar-refractivity contribution in [3.05, 3.63) is 24.3 Å². The zero-order valence-electron chi connectivity index (χ0n) is 15.9.